The highest BCUT2D eigenvalue weighted by Crippen LogP contribution is 2.23. The van der Waals surface area contributed by atoms with E-state index in [1.807, 2.05) is 6.07 Å². The number of piperazine rings is 1. The van der Waals surface area contributed by atoms with E-state index < -0.39 is 0 Å². The zero-order chi connectivity index (χ0) is 16.9. The van der Waals surface area contributed by atoms with Crippen molar-refractivity contribution in [3.8, 4) is 5.75 Å². The van der Waals surface area contributed by atoms with Crippen LogP contribution in [0.5, 0.6) is 5.75 Å². The number of phenols is 1. The van der Waals surface area contributed by atoms with Crippen molar-refractivity contribution in [3.63, 3.8) is 0 Å². The summed E-state index contributed by atoms with van der Waals surface area (Å²) in [7, 11) is 0. The summed E-state index contributed by atoms with van der Waals surface area (Å²) in [5.74, 6) is -0.173. The van der Waals surface area contributed by atoms with Crippen molar-refractivity contribution >= 4 is 17.5 Å². The van der Waals surface area contributed by atoms with Crippen LogP contribution >= 0.6 is 11.6 Å². The van der Waals surface area contributed by atoms with Crippen LogP contribution in [0.2, 0.25) is 5.02 Å². The van der Waals surface area contributed by atoms with E-state index in [9.17, 15) is 9.90 Å². The number of halogens is 1. The summed E-state index contributed by atoms with van der Waals surface area (Å²) in [6, 6.07) is 15.0. The number of rotatable bonds is 4. The fraction of sp³-hybridized carbons (Fsp3) is 0.316. The van der Waals surface area contributed by atoms with Crippen LogP contribution in [0, 0.1) is 0 Å². The second-order valence-electron chi connectivity index (χ2n) is 6.03. The molecular weight excluding hydrogens is 324 g/mol. The second kappa shape index (κ2) is 7.69. The monoisotopic (exact) mass is 344 g/mol. The molecule has 0 aromatic heterocycles. The van der Waals surface area contributed by atoms with Crippen molar-refractivity contribution in [2.24, 2.45) is 0 Å². The molecule has 0 spiro atoms. The topological polar surface area (TPSA) is 43.8 Å². The van der Waals surface area contributed by atoms with E-state index in [4.69, 9.17) is 11.6 Å². The van der Waals surface area contributed by atoms with Gasteiger partial charge in [0, 0.05) is 37.7 Å². The quantitative estimate of drug-likeness (QED) is 0.927. The fourth-order valence-corrected chi connectivity index (χ4v) is 3.13. The predicted molar refractivity (Wildman–Crippen MR) is 95.6 cm³/mol. The third-order valence-corrected chi connectivity index (χ3v) is 4.64. The van der Waals surface area contributed by atoms with Gasteiger partial charge in [-0.15, -0.1) is 0 Å². The lowest BCUT2D eigenvalue weighted by Crippen LogP contribution is -2.49. The number of carbonyl (C=O) groups excluding carboxylic acids is 1. The van der Waals surface area contributed by atoms with Gasteiger partial charge in [-0.3, -0.25) is 9.69 Å². The van der Waals surface area contributed by atoms with Gasteiger partial charge in [-0.25, -0.2) is 0 Å². The summed E-state index contributed by atoms with van der Waals surface area (Å²) >= 11 is 5.93. The summed E-state index contributed by atoms with van der Waals surface area (Å²) in [6.45, 7) is 4.02. The largest absolute Gasteiger partial charge is 0.507 e. The Balaban J connectivity index is 1.53. The normalized spacial score (nSPS) is 15.5. The molecular formula is C19H21ClN2O2. The lowest BCUT2D eigenvalue weighted by atomic mass is 10.1. The SMILES string of the molecule is O=C(c1cc(Cl)ccc1O)N1CCN(CCc2ccccc2)CC1. The van der Waals surface area contributed by atoms with Crippen LogP contribution in [0.4, 0.5) is 0 Å². The Bertz CT molecular complexity index is 698. The molecule has 126 valence electrons. The number of phenolic OH excluding ortho intramolecular Hbond substituents is 1. The molecule has 4 nitrogen and oxygen atoms in total. The molecule has 0 unspecified atom stereocenters. The van der Waals surface area contributed by atoms with Gasteiger partial charge in [0.25, 0.3) is 5.91 Å². The molecule has 24 heavy (non-hydrogen) atoms. The number of amides is 1. The molecule has 3 rings (SSSR count). The first-order valence-corrected chi connectivity index (χ1v) is 8.55. The van der Waals surface area contributed by atoms with E-state index in [1.165, 1.54) is 17.7 Å². The fourth-order valence-electron chi connectivity index (χ4n) is 2.96. The number of carbonyl (C=O) groups is 1. The Kier molecular flexibility index (Phi) is 5.38. The average Bonchev–Trinajstić information content (AvgIpc) is 2.63. The summed E-state index contributed by atoms with van der Waals surface area (Å²) in [5.41, 5.74) is 1.61. The van der Waals surface area contributed by atoms with Crippen LogP contribution < -0.4 is 0 Å². The Morgan fingerprint density at radius 1 is 1.04 bits per heavy atom. The van der Waals surface area contributed by atoms with Crippen molar-refractivity contribution in [1.82, 2.24) is 9.80 Å². The maximum atomic E-state index is 12.5. The molecule has 1 aliphatic heterocycles. The van der Waals surface area contributed by atoms with E-state index >= 15 is 0 Å². The average molecular weight is 345 g/mol. The number of hydrogen-bond donors (Lipinski definition) is 1. The van der Waals surface area contributed by atoms with Crippen LogP contribution in [0.1, 0.15) is 15.9 Å². The first kappa shape index (κ1) is 16.8. The maximum Gasteiger partial charge on any atom is 0.257 e. The Hall–Kier alpha value is -2.04. The molecule has 1 saturated heterocycles. The van der Waals surface area contributed by atoms with Crippen LogP contribution in [-0.2, 0) is 6.42 Å². The van der Waals surface area contributed by atoms with Crippen molar-refractivity contribution in [1.29, 1.82) is 0 Å². The molecule has 0 bridgehead atoms. The summed E-state index contributed by atoms with van der Waals surface area (Å²) < 4.78 is 0. The van der Waals surface area contributed by atoms with Crippen LogP contribution in [0.3, 0.4) is 0 Å². The van der Waals surface area contributed by atoms with Crippen molar-refractivity contribution in [2.75, 3.05) is 32.7 Å². The summed E-state index contributed by atoms with van der Waals surface area (Å²) in [6.07, 6.45) is 1.02. The number of hydrogen-bond acceptors (Lipinski definition) is 3. The summed E-state index contributed by atoms with van der Waals surface area (Å²) in [5, 5.41) is 10.3. The number of aromatic hydroxyl groups is 1. The van der Waals surface area contributed by atoms with Gasteiger partial charge in [-0.05, 0) is 30.2 Å². The van der Waals surface area contributed by atoms with E-state index in [0.717, 1.165) is 26.1 Å². The minimum Gasteiger partial charge on any atom is -0.507 e. The van der Waals surface area contributed by atoms with Gasteiger partial charge in [0.05, 0.1) is 5.56 Å². The van der Waals surface area contributed by atoms with Crippen LogP contribution in [0.25, 0.3) is 0 Å². The zero-order valence-corrected chi connectivity index (χ0v) is 14.2. The first-order chi connectivity index (χ1) is 11.6. The Labute approximate surface area is 147 Å². The molecule has 2 aromatic rings. The number of nitrogens with zero attached hydrogens (tertiary/aromatic N) is 2. The number of benzene rings is 2. The second-order valence-corrected chi connectivity index (χ2v) is 6.47. The van der Waals surface area contributed by atoms with E-state index in [1.54, 1.807) is 11.0 Å². The minimum absolute atomic E-state index is 0.0177. The third-order valence-electron chi connectivity index (χ3n) is 4.41. The van der Waals surface area contributed by atoms with E-state index in [-0.39, 0.29) is 17.2 Å². The maximum absolute atomic E-state index is 12.5. The molecule has 0 saturated carbocycles. The van der Waals surface area contributed by atoms with E-state index in [2.05, 4.69) is 29.2 Å². The standard InChI is InChI=1S/C19H21ClN2O2/c20-16-6-7-18(23)17(14-16)19(24)22-12-10-21(11-13-22)9-8-15-4-2-1-3-5-15/h1-7,14,23H,8-13H2. The molecule has 1 N–H and O–H groups in total. The molecule has 2 aromatic carbocycles. The first-order valence-electron chi connectivity index (χ1n) is 8.17. The molecule has 1 aliphatic rings. The highest BCUT2D eigenvalue weighted by Gasteiger charge is 2.23. The predicted octanol–water partition coefficient (Wildman–Crippen LogP) is 3.05. The molecule has 1 heterocycles. The highest BCUT2D eigenvalue weighted by atomic mass is 35.5. The van der Waals surface area contributed by atoms with Gasteiger partial charge in [-0.1, -0.05) is 41.9 Å². The van der Waals surface area contributed by atoms with Crippen LogP contribution in [-0.4, -0.2) is 53.5 Å². The van der Waals surface area contributed by atoms with E-state index in [0.29, 0.717) is 18.1 Å². The van der Waals surface area contributed by atoms with Gasteiger partial charge in [0.2, 0.25) is 0 Å². The Morgan fingerprint density at radius 3 is 2.46 bits per heavy atom. The molecule has 1 amide bonds. The minimum atomic E-state index is -0.155. The van der Waals surface area contributed by atoms with Gasteiger partial charge < -0.3 is 10.0 Å². The van der Waals surface area contributed by atoms with Crippen molar-refractivity contribution in [3.05, 3.63) is 64.7 Å². The Morgan fingerprint density at radius 2 is 1.75 bits per heavy atom. The van der Waals surface area contributed by atoms with Crippen molar-refractivity contribution < 1.29 is 9.90 Å². The molecule has 5 heteroatoms. The van der Waals surface area contributed by atoms with Gasteiger partial charge in [-0.2, -0.15) is 0 Å². The molecule has 0 radical (unpaired) electrons. The highest BCUT2D eigenvalue weighted by molar-refractivity contribution is 6.31. The smallest absolute Gasteiger partial charge is 0.257 e. The molecule has 1 fully saturated rings. The van der Waals surface area contributed by atoms with Gasteiger partial charge in [0.1, 0.15) is 5.75 Å². The zero-order valence-electron chi connectivity index (χ0n) is 13.5. The van der Waals surface area contributed by atoms with Gasteiger partial charge in [0.15, 0.2) is 0 Å². The lowest BCUT2D eigenvalue weighted by Gasteiger charge is -2.34. The molecule has 0 atom stereocenters. The van der Waals surface area contributed by atoms with Gasteiger partial charge >= 0.3 is 0 Å². The lowest BCUT2D eigenvalue weighted by molar-refractivity contribution is 0.0635. The third kappa shape index (κ3) is 4.08. The van der Waals surface area contributed by atoms with Crippen molar-refractivity contribution in [2.45, 2.75) is 6.42 Å². The summed E-state index contributed by atoms with van der Waals surface area (Å²) in [4.78, 5) is 16.7. The van der Waals surface area contributed by atoms with Crippen LogP contribution in [0.15, 0.2) is 48.5 Å². The molecule has 0 aliphatic carbocycles.